The molecule has 1 aliphatic rings. The van der Waals surface area contributed by atoms with E-state index in [0.29, 0.717) is 6.61 Å². The minimum Gasteiger partial charge on any atom is -0.494 e. The van der Waals surface area contributed by atoms with Crippen molar-refractivity contribution in [3.63, 3.8) is 0 Å². The Morgan fingerprint density at radius 3 is 2.77 bits per heavy atom. The molecular formula is C20H21N3OS2. The van der Waals surface area contributed by atoms with Gasteiger partial charge in [-0.25, -0.2) is 0 Å². The molecule has 0 spiro atoms. The summed E-state index contributed by atoms with van der Waals surface area (Å²) >= 11 is 7.55. The molecule has 134 valence electrons. The maximum Gasteiger partial charge on any atom is 0.174 e. The van der Waals surface area contributed by atoms with Gasteiger partial charge in [-0.15, -0.1) is 11.3 Å². The molecule has 0 aliphatic carbocycles. The van der Waals surface area contributed by atoms with Crippen LogP contribution < -0.4 is 10.1 Å². The molecule has 0 radical (unpaired) electrons. The third kappa shape index (κ3) is 3.34. The minimum absolute atomic E-state index is 0.154. The second-order valence-corrected chi connectivity index (χ2v) is 7.49. The number of anilines is 1. The summed E-state index contributed by atoms with van der Waals surface area (Å²) in [7, 11) is 0. The fraction of sp³-hybridized carbons (Fsp3) is 0.250. The molecule has 0 bridgehead atoms. The van der Waals surface area contributed by atoms with E-state index >= 15 is 0 Å². The highest BCUT2D eigenvalue weighted by Gasteiger charge is 2.31. The van der Waals surface area contributed by atoms with Gasteiger partial charge in [-0.3, -0.25) is 0 Å². The molecular weight excluding hydrogens is 362 g/mol. The van der Waals surface area contributed by atoms with Crippen LogP contribution in [0.25, 0.3) is 0 Å². The van der Waals surface area contributed by atoms with Crippen LogP contribution in [0.5, 0.6) is 5.75 Å². The van der Waals surface area contributed by atoms with Gasteiger partial charge in [0.1, 0.15) is 11.8 Å². The van der Waals surface area contributed by atoms with Gasteiger partial charge in [-0.05, 0) is 67.0 Å². The summed E-state index contributed by atoms with van der Waals surface area (Å²) in [6.45, 7) is 4.47. The summed E-state index contributed by atoms with van der Waals surface area (Å²) in [5.41, 5.74) is 2.26. The largest absolute Gasteiger partial charge is 0.494 e. The average molecular weight is 384 g/mol. The Kier molecular flexibility index (Phi) is 4.95. The highest BCUT2D eigenvalue weighted by molar-refractivity contribution is 7.80. The van der Waals surface area contributed by atoms with Crippen molar-refractivity contribution in [3.8, 4) is 5.75 Å². The van der Waals surface area contributed by atoms with Crippen molar-refractivity contribution in [3.05, 3.63) is 70.7 Å². The van der Waals surface area contributed by atoms with Crippen molar-refractivity contribution in [1.29, 1.82) is 0 Å². The highest BCUT2D eigenvalue weighted by atomic mass is 32.1. The monoisotopic (exact) mass is 383 g/mol. The van der Waals surface area contributed by atoms with Crippen LogP contribution in [0.1, 0.15) is 23.5 Å². The van der Waals surface area contributed by atoms with Crippen LogP contribution in [-0.2, 0) is 6.54 Å². The third-order valence-corrected chi connectivity index (χ3v) is 5.79. The van der Waals surface area contributed by atoms with E-state index in [4.69, 9.17) is 17.0 Å². The van der Waals surface area contributed by atoms with Crippen LogP contribution in [0.4, 0.5) is 5.69 Å². The van der Waals surface area contributed by atoms with Crippen LogP contribution in [0.3, 0.4) is 0 Å². The maximum absolute atomic E-state index is 5.77. The van der Waals surface area contributed by atoms with Crippen LogP contribution in [0.15, 0.2) is 60.1 Å². The Hall–Kier alpha value is -2.31. The molecule has 2 aromatic heterocycles. The number of fused-ring (bicyclic) bond motifs is 1. The maximum atomic E-state index is 5.77. The predicted octanol–water partition coefficient (Wildman–Crippen LogP) is 4.75. The molecule has 1 atom stereocenters. The molecule has 26 heavy (non-hydrogen) atoms. The molecule has 1 N–H and O–H groups in total. The summed E-state index contributed by atoms with van der Waals surface area (Å²) in [5.74, 6) is 0.872. The Morgan fingerprint density at radius 1 is 1.19 bits per heavy atom. The van der Waals surface area contributed by atoms with E-state index in [-0.39, 0.29) is 6.04 Å². The molecule has 0 amide bonds. The van der Waals surface area contributed by atoms with E-state index in [1.165, 1.54) is 10.6 Å². The number of nitrogens with zero attached hydrogens (tertiary/aromatic N) is 2. The van der Waals surface area contributed by atoms with E-state index in [1.807, 2.05) is 31.2 Å². The van der Waals surface area contributed by atoms with Crippen LogP contribution in [-0.4, -0.2) is 27.7 Å². The zero-order chi connectivity index (χ0) is 17.9. The zero-order valence-electron chi connectivity index (χ0n) is 14.6. The van der Waals surface area contributed by atoms with Crippen molar-refractivity contribution in [2.45, 2.75) is 19.5 Å². The van der Waals surface area contributed by atoms with Crippen molar-refractivity contribution >= 4 is 34.4 Å². The van der Waals surface area contributed by atoms with Gasteiger partial charge in [-0.1, -0.05) is 6.07 Å². The van der Waals surface area contributed by atoms with Gasteiger partial charge in [0.2, 0.25) is 0 Å². The van der Waals surface area contributed by atoms with Gasteiger partial charge < -0.3 is 19.5 Å². The van der Waals surface area contributed by atoms with Crippen LogP contribution in [0.2, 0.25) is 0 Å². The second kappa shape index (κ2) is 7.51. The first-order valence-electron chi connectivity index (χ1n) is 8.75. The van der Waals surface area contributed by atoms with Crippen LogP contribution >= 0.6 is 23.6 Å². The van der Waals surface area contributed by atoms with E-state index in [1.54, 1.807) is 11.3 Å². The summed E-state index contributed by atoms with van der Waals surface area (Å²) in [6.07, 6.45) is 2.15. The number of nitrogens with one attached hydrogen (secondary N) is 1. The molecule has 0 saturated heterocycles. The van der Waals surface area contributed by atoms with E-state index in [9.17, 15) is 0 Å². The Balaban J connectivity index is 1.56. The van der Waals surface area contributed by atoms with Gasteiger partial charge in [-0.2, -0.15) is 0 Å². The van der Waals surface area contributed by atoms with Gasteiger partial charge in [0, 0.05) is 35.5 Å². The smallest absolute Gasteiger partial charge is 0.174 e. The van der Waals surface area contributed by atoms with E-state index in [2.05, 4.69) is 50.6 Å². The molecule has 0 saturated carbocycles. The minimum atomic E-state index is 0.154. The lowest BCUT2D eigenvalue weighted by Crippen LogP contribution is -2.44. The van der Waals surface area contributed by atoms with Crippen molar-refractivity contribution in [1.82, 2.24) is 9.47 Å². The molecule has 3 heterocycles. The van der Waals surface area contributed by atoms with Gasteiger partial charge in [0.25, 0.3) is 0 Å². The predicted molar refractivity (Wildman–Crippen MR) is 111 cm³/mol. The molecule has 0 unspecified atom stereocenters. The topological polar surface area (TPSA) is 29.4 Å². The first kappa shape index (κ1) is 17.1. The number of hydrogen-bond donors (Lipinski definition) is 1. The molecule has 0 fully saturated rings. The van der Waals surface area contributed by atoms with Crippen LogP contribution in [0, 0.1) is 0 Å². The standard InChI is InChI=1S/C20H21N3OS2/c1-2-24-16-9-7-15(8-10-16)21-20(25)23-13-12-22-11-3-5-17(22)19(23)18-6-4-14-26-18/h3-11,14,19H,2,12-13H2,1H3,(H,21,25)/t19-/m1/s1. The quantitative estimate of drug-likeness (QED) is 0.659. The number of ether oxygens (including phenoxy) is 1. The van der Waals surface area contributed by atoms with Crippen molar-refractivity contribution < 1.29 is 4.74 Å². The Morgan fingerprint density at radius 2 is 2.04 bits per heavy atom. The molecule has 4 nitrogen and oxygen atoms in total. The normalized spacial score (nSPS) is 16.2. The Labute approximate surface area is 163 Å². The lowest BCUT2D eigenvalue weighted by atomic mass is 10.1. The first-order chi connectivity index (χ1) is 12.8. The lowest BCUT2D eigenvalue weighted by molar-refractivity contribution is 0.297. The summed E-state index contributed by atoms with van der Waals surface area (Å²) in [6, 6.07) is 16.7. The zero-order valence-corrected chi connectivity index (χ0v) is 16.2. The molecule has 1 aromatic carbocycles. The number of hydrogen-bond acceptors (Lipinski definition) is 3. The number of aromatic nitrogens is 1. The average Bonchev–Trinajstić information content (AvgIpc) is 3.34. The van der Waals surface area contributed by atoms with E-state index in [0.717, 1.165) is 29.6 Å². The highest BCUT2D eigenvalue weighted by Crippen LogP contribution is 2.35. The fourth-order valence-corrected chi connectivity index (χ4v) is 4.51. The fourth-order valence-electron chi connectivity index (χ4n) is 3.34. The Bertz CT molecular complexity index is 871. The summed E-state index contributed by atoms with van der Waals surface area (Å²) in [5, 5.41) is 6.27. The summed E-state index contributed by atoms with van der Waals surface area (Å²) in [4.78, 5) is 3.59. The summed E-state index contributed by atoms with van der Waals surface area (Å²) < 4.78 is 7.83. The molecule has 1 aliphatic heterocycles. The third-order valence-electron chi connectivity index (χ3n) is 4.53. The van der Waals surface area contributed by atoms with Crippen molar-refractivity contribution in [2.75, 3.05) is 18.5 Å². The van der Waals surface area contributed by atoms with Gasteiger partial charge in [0.15, 0.2) is 5.11 Å². The second-order valence-electron chi connectivity index (χ2n) is 6.13. The first-order valence-corrected chi connectivity index (χ1v) is 10.0. The number of benzene rings is 1. The van der Waals surface area contributed by atoms with Gasteiger partial charge >= 0.3 is 0 Å². The number of thiocarbonyl (C=S) groups is 1. The van der Waals surface area contributed by atoms with E-state index < -0.39 is 0 Å². The van der Waals surface area contributed by atoms with Gasteiger partial charge in [0.05, 0.1) is 6.61 Å². The SMILES string of the molecule is CCOc1ccc(NC(=S)N2CCn3cccc3[C@@H]2c2cccs2)cc1. The number of thiophene rings is 1. The van der Waals surface area contributed by atoms with Crippen molar-refractivity contribution in [2.24, 2.45) is 0 Å². The molecule has 6 heteroatoms. The molecule has 3 aromatic rings. The lowest BCUT2D eigenvalue weighted by Gasteiger charge is -2.38. The molecule has 4 rings (SSSR count). The number of rotatable bonds is 4.